The highest BCUT2D eigenvalue weighted by atomic mass is 35.5. The highest BCUT2D eigenvalue weighted by molar-refractivity contribution is 6.30. The molecule has 0 unspecified atom stereocenters. The van der Waals surface area contributed by atoms with Gasteiger partial charge in [0.2, 0.25) is 0 Å². The third-order valence-corrected chi connectivity index (χ3v) is 5.92. The summed E-state index contributed by atoms with van der Waals surface area (Å²) in [4.78, 5) is 19.1. The Morgan fingerprint density at radius 1 is 1.13 bits per heavy atom. The van der Waals surface area contributed by atoms with E-state index in [1.165, 1.54) is 16.8 Å². The van der Waals surface area contributed by atoms with Crippen molar-refractivity contribution in [2.24, 2.45) is 7.05 Å². The fourth-order valence-electron chi connectivity index (χ4n) is 4.13. The van der Waals surface area contributed by atoms with Crippen molar-refractivity contribution in [2.45, 2.75) is 13.0 Å². The van der Waals surface area contributed by atoms with E-state index in [-0.39, 0.29) is 16.5 Å². The maximum Gasteiger partial charge on any atom is 0.254 e. The van der Waals surface area contributed by atoms with Crippen LogP contribution in [-0.2, 0) is 20.0 Å². The number of pyridine rings is 1. The zero-order chi connectivity index (χ0) is 21.7. The van der Waals surface area contributed by atoms with Gasteiger partial charge in [-0.15, -0.1) is 0 Å². The van der Waals surface area contributed by atoms with Crippen molar-refractivity contribution in [3.05, 3.63) is 82.1 Å². The van der Waals surface area contributed by atoms with Crippen molar-refractivity contribution in [1.29, 1.82) is 0 Å². The number of benzene rings is 2. The van der Waals surface area contributed by atoms with Crippen LogP contribution in [0.5, 0.6) is 0 Å². The highest BCUT2D eigenvalue weighted by Gasteiger charge is 2.29. The van der Waals surface area contributed by atoms with Gasteiger partial charge in [0, 0.05) is 41.9 Å². The number of rotatable bonds is 2. The Hall–Kier alpha value is -3.32. The number of fused-ring (bicyclic) bond motifs is 2. The normalized spacial score (nSPS) is 13.5. The summed E-state index contributed by atoms with van der Waals surface area (Å²) in [6.07, 6.45) is 2.20. The molecule has 0 aliphatic carbocycles. The number of halogens is 3. The zero-order valence-electron chi connectivity index (χ0n) is 16.6. The van der Waals surface area contributed by atoms with Gasteiger partial charge in [0.25, 0.3) is 5.91 Å². The summed E-state index contributed by atoms with van der Waals surface area (Å²) in [5.74, 6) is -2.18. The minimum absolute atomic E-state index is 0.104. The number of aryl methyl sites for hydroxylation is 1. The number of carbonyl (C=O) groups is 1. The molecule has 0 N–H and O–H groups in total. The molecule has 5 nitrogen and oxygen atoms in total. The van der Waals surface area contributed by atoms with Gasteiger partial charge in [-0.05, 0) is 42.8 Å². The van der Waals surface area contributed by atoms with Gasteiger partial charge in [-0.2, -0.15) is 5.10 Å². The van der Waals surface area contributed by atoms with Crippen LogP contribution in [0, 0.1) is 11.6 Å². The summed E-state index contributed by atoms with van der Waals surface area (Å²) in [7, 11) is 1.68. The minimum atomic E-state index is -1.08. The lowest BCUT2D eigenvalue weighted by Crippen LogP contribution is -2.36. The van der Waals surface area contributed by atoms with E-state index in [0.29, 0.717) is 36.5 Å². The van der Waals surface area contributed by atoms with Crippen LogP contribution in [0.2, 0.25) is 5.02 Å². The zero-order valence-corrected chi connectivity index (χ0v) is 17.3. The Labute approximate surface area is 181 Å². The number of hydrogen-bond acceptors (Lipinski definition) is 3. The number of nitrogens with zero attached hydrogens (tertiary/aromatic N) is 4. The first-order valence-corrected chi connectivity index (χ1v) is 10.1. The second-order valence-corrected chi connectivity index (χ2v) is 7.92. The van der Waals surface area contributed by atoms with Crippen LogP contribution in [0.4, 0.5) is 8.78 Å². The molecule has 0 spiro atoms. The third kappa shape index (κ3) is 3.25. The molecule has 0 fully saturated rings. The van der Waals surface area contributed by atoms with Gasteiger partial charge in [-0.25, -0.2) is 8.78 Å². The molecule has 0 saturated carbocycles. The second-order valence-electron chi connectivity index (χ2n) is 7.51. The molecule has 1 aliphatic heterocycles. The van der Waals surface area contributed by atoms with E-state index in [1.54, 1.807) is 24.2 Å². The van der Waals surface area contributed by atoms with E-state index in [1.807, 2.05) is 24.3 Å². The Morgan fingerprint density at radius 2 is 1.97 bits per heavy atom. The molecule has 8 heteroatoms. The topological polar surface area (TPSA) is 51.0 Å². The van der Waals surface area contributed by atoms with Gasteiger partial charge in [-0.3, -0.25) is 14.5 Å². The Morgan fingerprint density at radius 3 is 2.81 bits per heavy atom. The third-order valence-electron chi connectivity index (χ3n) is 5.63. The van der Waals surface area contributed by atoms with Gasteiger partial charge in [0.05, 0.1) is 28.5 Å². The average Bonchev–Trinajstić information content (AvgIpc) is 3.11. The molecule has 1 amide bonds. The summed E-state index contributed by atoms with van der Waals surface area (Å²) < 4.78 is 30.1. The molecule has 0 atom stereocenters. The number of hydrogen-bond donors (Lipinski definition) is 0. The summed E-state index contributed by atoms with van der Waals surface area (Å²) in [5.41, 5.74) is 3.51. The monoisotopic (exact) mass is 438 g/mol. The molecule has 0 saturated heterocycles. The SMILES string of the molecule is Cn1nc2c(c1-c1ccc(Cl)c(F)c1F)CCN(C(=O)c1ccc3ncccc3c1)C2. The van der Waals surface area contributed by atoms with Crippen molar-refractivity contribution in [3.8, 4) is 11.3 Å². The van der Waals surface area contributed by atoms with E-state index in [0.717, 1.165) is 16.5 Å². The van der Waals surface area contributed by atoms with Gasteiger partial charge < -0.3 is 4.90 Å². The molecule has 3 heterocycles. The molecule has 0 bridgehead atoms. The molecular formula is C23H17ClF2N4O. The van der Waals surface area contributed by atoms with Crippen molar-refractivity contribution < 1.29 is 13.6 Å². The van der Waals surface area contributed by atoms with Crippen molar-refractivity contribution in [1.82, 2.24) is 19.7 Å². The molecule has 4 aromatic rings. The number of amides is 1. The quantitative estimate of drug-likeness (QED) is 0.424. The lowest BCUT2D eigenvalue weighted by molar-refractivity contribution is 0.0732. The fraction of sp³-hybridized carbons (Fsp3) is 0.174. The van der Waals surface area contributed by atoms with Crippen LogP contribution >= 0.6 is 11.6 Å². The van der Waals surface area contributed by atoms with Crippen molar-refractivity contribution >= 4 is 28.4 Å². The average molecular weight is 439 g/mol. The first kappa shape index (κ1) is 19.6. The smallest absolute Gasteiger partial charge is 0.254 e. The van der Waals surface area contributed by atoms with Crippen molar-refractivity contribution in [3.63, 3.8) is 0 Å². The maximum atomic E-state index is 14.6. The van der Waals surface area contributed by atoms with E-state index in [9.17, 15) is 13.6 Å². The first-order valence-electron chi connectivity index (χ1n) is 9.76. The summed E-state index contributed by atoms with van der Waals surface area (Å²) in [6, 6.07) is 12.0. The Bertz CT molecular complexity index is 1350. The molecule has 31 heavy (non-hydrogen) atoms. The van der Waals surface area contributed by atoms with Crippen LogP contribution in [0.3, 0.4) is 0 Å². The van der Waals surface area contributed by atoms with Crippen molar-refractivity contribution in [2.75, 3.05) is 6.54 Å². The molecule has 1 aliphatic rings. The Kier molecular flexibility index (Phi) is 4.70. The number of aromatic nitrogens is 3. The molecule has 2 aromatic heterocycles. The minimum Gasteiger partial charge on any atom is -0.332 e. The first-order chi connectivity index (χ1) is 14.9. The molecule has 5 rings (SSSR count). The highest BCUT2D eigenvalue weighted by Crippen LogP contribution is 2.34. The molecular weight excluding hydrogens is 422 g/mol. The van der Waals surface area contributed by atoms with Gasteiger partial charge >= 0.3 is 0 Å². The van der Waals surface area contributed by atoms with Crippen LogP contribution in [0.25, 0.3) is 22.2 Å². The summed E-state index contributed by atoms with van der Waals surface area (Å²) in [5, 5.41) is 5.12. The predicted molar refractivity (Wildman–Crippen MR) is 114 cm³/mol. The predicted octanol–water partition coefficient (Wildman–Crippen LogP) is 4.77. The van der Waals surface area contributed by atoms with E-state index in [2.05, 4.69) is 10.1 Å². The number of carbonyl (C=O) groups excluding carboxylic acids is 1. The fourth-order valence-corrected chi connectivity index (χ4v) is 4.28. The van der Waals surface area contributed by atoms with Gasteiger partial charge in [0.15, 0.2) is 11.6 Å². The Balaban J connectivity index is 1.47. The lowest BCUT2D eigenvalue weighted by Gasteiger charge is -2.27. The summed E-state index contributed by atoms with van der Waals surface area (Å²) >= 11 is 5.69. The van der Waals surface area contributed by atoms with Crippen LogP contribution < -0.4 is 0 Å². The summed E-state index contributed by atoms with van der Waals surface area (Å²) in [6.45, 7) is 0.748. The molecule has 2 aromatic carbocycles. The standard InChI is InChI=1S/C23H17ClF2N4O/c1-29-22(16-5-6-17(24)21(26)20(16)25)15-8-10-30(12-19(15)28-29)23(31)14-4-7-18-13(11-14)3-2-9-27-18/h2-7,9,11H,8,10,12H2,1H3. The molecule has 0 radical (unpaired) electrons. The van der Waals surface area contributed by atoms with E-state index < -0.39 is 11.6 Å². The van der Waals surface area contributed by atoms with Crippen LogP contribution in [-0.4, -0.2) is 32.1 Å². The lowest BCUT2D eigenvalue weighted by atomic mass is 9.98. The van der Waals surface area contributed by atoms with E-state index in [4.69, 9.17) is 11.6 Å². The second kappa shape index (κ2) is 7.42. The van der Waals surface area contributed by atoms with Crippen LogP contribution in [0.1, 0.15) is 21.6 Å². The van der Waals surface area contributed by atoms with E-state index >= 15 is 0 Å². The largest absolute Gasteiger partial charge is 0.332 e. The maximum absolute atomic E-state index is 14.6. The van der Waals surface area contributed by atoms with Gasteiger partial charge in [0.1, 0.15) is 0 Å². The van der Waals surface area contributed by atoms with Gasteiger partial charge in [-0.1, -0.05) is 17.7 Å². The molecule has 156 valence electrons. The van der Waals surface area contributed by atoms with Crippen LogP contribution in [0.15, 0.2) is 48.7 Å².